The average molecular weight is 1140 g/mol. The van der Waals surface area contributed by atoms with Crippen molar-refractivity contribution in [1.82, 2.24) is 0 Å². The third kappa shape index (κ3) is 69.1. The highest BCUT2D eigenvalue weighted by Gasteiger charge is 2.20. The van der Waals surface area contributed by atoms with Crippen LogP contribution in [-0.2, 0) is 28.6 Å². The molecule has 0 aliphatic heterocycles. The number of esters is 3. The fraction of sp³-hybridized carbons (Fsp3) is 0.960. The van der Waals surface area contributed by atoms with Crippen molar-refractivity contribution in [2.45, 2.75) is 451 Å². The van der Waals surface area contributed by atoms with Gasteiger partial charge in [-0.15, -0.1) is 0 Å². The topological polar surface area (TPSA) is 78.9 Å². The van der Waals surface area contributed by atoms with E-state index < -0.39 is 6.10 Å². The summed E-state index contributed by atoms with van der Waals surface area (Å²) >= 11 is 0. The maximum Gasteiger partial charge on any atom is 0.306 e. The first-order valence-electron chi connectivity index (χ1n) is 37.5. The molecule has 6 heteroatoms. The van der Waals surface area contributed by atoms with Gasteiger partial charge in [-0.3, -0.25) is 14.4 Å². The van der Waals surface area contributed by atoms with Crippen LogP contribution in [0.5, 0.6) is 0 Å². The Morgan fingerprint density at radius 3 is 0.494 bits per heavy atom. The highest BCUT2D eigenvalue weighted by atomic mass is 16.6. The van der Waals surface area contributed by atoms with Gasteiger partial charge >= 0.3 is 17.9 Å². The van der Waals surface area contributed by atoms with Gasteiger partial charge in [0.1, 0.15) is 13.2 Å². The molecule has 1 unspecified atom stereocenters. The number of carbonyl (C=O) groups is 3. The van der Waals surface area contributed by atoms with Gasteiger partial charge in [0.15, 0.2) is 6.10 Å². The van der Waals surface area contributed by atoms with E-state index in [2.05, 4.69) is 20.8 Å². The summed E-state index contributed by atoms with van der Waals surface area (Å²) in [5.74, 6) is -0.824. The van der Waals surface area contributed by atoms with E-state index in [-0.39, 0.29) is 31.1 Å². The second kappa shape index (κ2) is 70.9. The first-order valence-corrected chi connectivity index (χ1v) is 37.5. The largest absolute Gasteiger partial charge is 0.462 e. The van der Waals surface area contributed by atoms with Crippen molar-refractivity contribution in [3.8, 4) is 0 Å². The van der Waals surface area contributed by atoms with Crippen LogP contribution in [0, 0.1) is 0 Å². The Hall–Kier alpha value is -1.59. The van der Waals surface area contributed by atoms with Gasteiger partial charge in [0.2, 0.25) is 0 Å². The van der Waals surface area contributed by atoms with E-state index in [1.54, 1.807) is 0 Å². The fourth-order valence-corrected chi connectivity index (χ4v) is 12.0. The molecule has 0 aromatic heterocycles. The lowest BCUT2D eigenvalue weighted by molar-refractivity contribution is -0.167. The van der Waals surface area contributed by atoms with Crippen molar-refractivity contribution >= 4 is 17.9 Å². The van der Waals surface area contributed by atoms with E-state index in [4.69, 9.17) is 14.2 Å². The van der Waals surface area contributed by atoms with E-state index in [9.17, 15) is 14.4 Å². The minimum atomic E-state index is -0.763. The van der Waals surface area contributed by atoms with E-state index in [1.165, 1.54) is 347 Å². The van der Waals surface area contributed by atoms with Gasteiger partial charge in [0.05, 0.1) is 0 Å². The molecular formula is C75H146O6. The van der Waals surface area contributed by atoms with Crippen molar-refractivity contribution in [2.24, 2.45) is 0 Å². The second-order valence-corrected chi connectivity index (χ2v) is 25.9. The van der Waals surface area contributed by atoms with Gasteiger partial charge in [-0.05, 0) is 19.3 Å². The molecule has 0 amide bonds. The quantitative estimate of drug-likeness (QED) is 0.0343. The van der Waals surface area contributed by atoms with Crippen LogP contribution < -0.4 is 0 Å². The summed E-state index contributed by atoms with van der Waals surface area (Å²) in [5, 5.41) is 0. The lowest BCUT2D eigenvalue weighted by Gasteiger charge is -2.18. The van der Waals surface area contributed by atoms with Crippen molar-refractivity contribution in [1.29, 1.82) is 0 Å². The predicted molar refractivity (Wildman–Crippen MR) is 354 cm³/mol. The van der Waals surface area contributed by atoms with Crippen LogP contribution in [0.3, 0.4) is 0 Å². The molecule has 0 rings (SSSR count). The number of hydrogen-bond donors (Lipinski definition) is 0. The molecule has 482 valence electrons. The zero-order chi connectivity index (χ0) is 58.5. The van der Waals surface area contributed by atoms with Crippen molar-refractivity contribution < 1.29 is 28.6 Å². The van der Waals surface area contributed by atoms with E-state index >= 15 is 0 Å². The first kappa shape index (κ1) is 79.4. The monoisotopic (exact) mass is 1140 g/mol. The molecule has 0 bridgehead atoms. The fourth-order valence-electron chi connectivity index (χ4n) is 12.0. The molecule has 0 N–H and O–H groups in total. The van der Waals surface area contributed by atoms with E-state index in [0.717, 1.165) is 57.8 Å². The predicted octanol–water partition coefficient (Wildman–Crippen LogP) is 25.8. The third-order valence-electron chi connectivity index (χ3n) is 17.6. The smallest absolute Gasteiger partial charge is 0.306 e. The van der Waals surface area contributed by atoms with Crippen LogP contribution >= 0.6 is 0 Å². The van der Waals surface area contributed by atoms with Crippen LogP contribution in [0.1, 0.15) is 445 Å². The minimum Gasteiger partial charge on any atom is -0.462 e. The summed E-state index contributed by atoms with van der Waals surface area (Å²) in [4.78, 5) is 38.3. The van der Waals surface area contributed by atoms with Crippen LogP contribution in [0.15, 0.2) is 0 Å². The summed E-state index contributed by atoms with van der Waals surface area (Å²) in [6, 6.07) is 0. The minimum absolute atomic E-state index is 0.0606. The van der Waals surface area contributed by atoms with Crippen LogP contribution in [-0.4, -0.2) is 37.2 Å². The van der Waals surface area contributed by atoms with Crippen molar-refractivity contribution in [3.05, 3.63) is 0 Å². The molecule has 0 aromatic carbocycles. The highest BCUT2D eigenvalue weighted by molar-refractivity contribution is 5.71. The van der Waals surface area contributed by atoms with Gasteiger partial charge in [0, 0.05) is 19.3 Å². The van der Waals surface area contributed by atoms with Crippen LogP contribution in [0.4, 0.5) is 0 Å². The molecule has 0 heterocycles. The summed E-state index contributed by atoms with van der Waals surface area (Å²) in [6.07, 6.45) is 84.6. The van der Waals surface area contributed by atoms with Gasteiger partial charge in [-0.2, -0.15) is 0 Å². The molecule has 0 aromatic rings. The van der Waals surface area contributed by atoms with Crippen molar-refractivity contribution in [3.63, 3.8) is 0 Å². The summed E-state index contributed by atoms with van der Waals surface area (Å²) in [5.41, 5.74) is 0. The molecule has 0 aliphatic carbocycles. The van der Waals surface area contributed by atoms with E-state index in [0.29, 0.717) is 19.3 Å². The van der Waals surface area contributed by atoms with Gasteiger partial charge in [0.25, 0.3) is 0 Å². The SMILES string of the molecule is CCCCCCCCCCCCCCCCCCCCCCCCCCCCCC(=O)OCC(COC(=O)CCCCCCCCCCC)OC(=O)CCCCCCCCCCCCCCCCCCCCCCCCCCCCC. The number of rotatable bonds is 71. The Labute approximate surface area is 508 Å². The molecule has 0 saturated heterocycles. The molecule has 0 radical (unpaired) electrons. The Bertz CT molecular complexity index is 1220. The van der Waals surface area contributed by atoms with Crippen LogP contribution in [0.2, 0.25) is 0 Å². The Morgan fingerprint density at radius 1 is 0.198 bits per heavy atom. The Kier molecular flexibility index (Phi) is 69.5. The lowest BCUT2D eigenvalue weighted by Crippen LogP contribution is -2.30. The van der Waals surface area contributed by atoms with Gasteiger partial charge in [-0.1, -0.05) is 406 Å². The van der Waals surface area contributed by atoms with E-state index in [1.807, 2.05) is 0 Å². The number of hydrogen-bond acceptors (Lipinski definition) is 6. The lowest BCUT2D eigenvalue weighted by atomic mass is 10.0. The third-order valence-corrected chi connectivity index (χ3v) is 17.6. The number of ether oxygens (including phenoxy) is 3. The zero-order valence-corrected chi connectivity index (χ0v) is 55.6. The molecule has 0 spiro atoms. The molecule has 0 saturated carbocycles. The number of unbranched alkanes of at least 4 members (excludes halogenated alkanes) is 60. The molecule has 81 heavy (non-hydrogen) atoms. The normalized spacial score (nSPS) is 11.9. The van der Waals surface area contributed by atoms with Gasteiger partial charge in [-0.25, -0.2) is 0 Å². The maximum absolute atomic E-state index is 12.9. The van der Waals surface area contributed by atoms with Crippen molar-refractivity contribution in [2.75, 3.05) is 13.2 Å². The van der Waals surface area contributed by atoms with Crippen LogP contribution in [0.25, 0.3) is 0 Å². The highest BCUT2D eigenvalue weighted by Crippen LogP contribution is 2.20. The number of carbonyl (C=O) groups excluding carboxylic acids is 3. The molecule has 6 nitrogen and oxygen atoms in total. The summed E-state index contributed by atoms with van der Waals surface area (Å²) < 4.78 is 17.0. The second-order valence-electron chi connectivity index (χ2n) is 25.9. The Balaban J connectivity index is 4.04. The Morgan fingerprint density at radius 2 is 0.333 bits per heavy atom. The molecular weight excluding hydrogens is 997 g/mol. The molecule has 0 aliphatic rings. The molecule has 0 fully saturated rings. The zero-order valence-electron chi connectivity index (χ0n) is 55.6. The average Bonchev–Trinajstić information content (AvgIpc) is 3.47. The first-order chi connectivity index (χ1) is 40.0. The van der Waals surface area contributed by atoms with Gasteiger partial charge < -0.3 is 14.2 Å². The summed E-state index contributed by atoms with van der Waals surface area (Å²) in [7, 11) is 0. The molecule has 1 atom stereocenters. The maximum atomic E-state index is 12.9. The standard InChI is InChI=1S/C75H146O6/c1-4-7-10-13-16-19-21-23-25-27-29-31-33-35-37-39-41-43-45-47-49-51-53-56-59-62-65-68-74(77)80-71-72(70-79-73(76)67-64-61-58-55-18-15-12-9-6-3)81-75(78)69-66-63-60-57-54-52-50-48-46-44-42-40-38-36-34-32-30-28-26-24-22-20-17-14-11-8-5-2/h72H,4-71H2,1-3H3. The summed E-state index contributed by atoms with van der Waals surface area (Å²) in [6.45, 7) is 6.72.